The maximum Gasteiger partial charge on any atom is 0.223 e. The molecule has 0 spiro atoms. The summed E-state index contributed by atoms with van der Waals surface area (Å²) in [6, 6.07) is 15.4. The van der Waals surface area contributed by atoms with E-state index in [1.165, 1.54) is 11.3 Å². The monoisotopic (exact) mass is 376 g/mol. The standard InChI is InChI=1S/C22H20N2O2S/c1-13-19(15-6-4-3-5-7-15)20(22(23)27-13)21(26)17-8-9-18-16(12-17)10-11-24(18)14(2)25/h3-9,12H,10-11,23H2,1-2H3. The molecule has 2 heterocycles. The van der Waals surface area contributed by atoms with Crippen molar-refractivity contribution in [1.29, 1.82) is 0 Å². The Labute approximate surface area is 162 Å². The number of rotatable bonds is 3. The third kappa shape index (κ3) is 2.94. The number of hydrogen-bond donors (Lipinski definition) is 1. The zero-order chi connectivity index (χ0) is 19.1. The van der Waals surface area contributed by atoms with Crippen LogP contribution in [0, 0.1) is 6.92 Å². The number of benzene rings is 2. The highest BCUT2D eigenvalue weighted by Gasteiger charge is 2.26. The fourth-order valence-corrected chi connectivity index (χ4v) is 4.71. The molecule has 4 rings (SSSR count). The van der Waals surface area contributed by atoms with E-state index in [-0.39, 0.29) is 11.7 Å². The van der Waals surface area contributed by atoms with Crippen LogP contribution >= 0.6 is 11.3 Å². The van der Waals surface area contributed by atoms with Gasteiger partial charge in [-0.15, -0.1) is 11.3 Å². The lowest BCUT2D eigenvalue weighted by atomic mass is 9.94. The molecular formula is C22H20N2O2S. The van der Waals surface area contributed by atoms with Gasteiger partial charge in [0, 0.05) is 35.2 Å². The van der Waals surface area contributed by atoms with Gasteiger partial charge in [0.1, 0.15) is 0 Å². The van der Waals surface area contributed by atoms with Crippen LogP contribution in [0.1, 0.15) is 33.3 Å². The van der Waals surface area contributed by atoms with E-state index in [9.17, 15) is 9.59 Å². The topological polar surface area (TPSA) is 63.4 Å². The molecule has 1 aliphatic rings. The second kappa shape index (κ2) is 6.67. The molecule has 0 radical (unpaired) electrons. The number of thiophene rings is 1. The van der Waals surface area contributed by atoms with Crippen molar-refractivity contribution < 1.29 is 9.59 Å². The number of aryl methyl sites for hydroxylation is 1. The van der Waals surface area contributed by atoms with Gasteiger partial charge in [0.15, 0.2) is 5.78 Å². The van der Waals surface area contributed by atoms with E-state index in [0.717, 1.165) is 33.7 Å². The minimum absolute atomic E-state index is 0.0249. The van der Waals surface area contributed by atoms with E-state index in [2.05, 4.69) is 0 Å². The second-order valence-electron chi connectivity index (χ2n) is 6.73. The summed E-state index contributed by atoms with van der Waals surface area (Å²) in [5.74, 6) is -0.0447. The lowest BCUT2D eigenvalue weighted by Crippen LogP contribution is -2.25. The van der Waals surface area contributed by atoms with Crippen LogP contribution in [0.15, 0.2) is 48.5 Å². The van der Waals surface area contributed by atoms with Gasteiger partial charge in [-0.1, -0.05) is 30.3 Å². The first-order chi connectivity index (χ1) is 13.0. The summed E-state index contributed by atoms with van der Waals surface area (Å²) in [6.07, 6.45) is 0.764. The fourth-order valence-electron chi connectivity index (χ4n) is 3.76. The largest absolute Gasteiger partial charge is 0.390 e. The molecule has 136 valence electrons. The van der Waals surface area contributed by atoms with Crippen molar-refractivity contribution in [1.82, 2.24) is 0 Å². The van der Waals surface area contributed by atoms with Crippen LogP contribution in [0.2, 0.25) is 0 Å². The first kappa shape index (κ1) is 17.5. The van der Waals surface area contributed by atoms with Crippen LogP contribution in [0.25, 0.3) is 11.1 Å². The molecule has 0 saturated carbocycles. The average Bonchev–Trinajstić information content (AvgIpc) is 3.21. The van der Waals surface area contributed by atoms with Gasteiger partial charge in [0.2, 0.25) is 5.91 Å². The lowest BCUT2D eigenvalue weighted by molar-refractivity contribution is -0.116. The predicted octanol–water partition coefficient (Wildman–Crippen LogP) is 4.45. The molecule has 2 aromatic carbocycles. The van der Waals surface area contributed by atoms with E-state index in [1.807, 2.05) is 49.4 Å². The Bertz CT molecular complexity index is 1050. The van der Waals surface area contributed by atoms with Gasteiger partial charge in [0.05, 0.1) is 10.6 Å². The third-order valence-electron chi connectivity index (χ3n) is 5.02. The Balaban J connectivity index is 1.78. The Morgan fingerprint density at radius 3 is 2.56 bits per heavy atom. The molecular weight excluding hydrogens is 356 g/mol. The average molecular weight is 376 g/mol. The lowest BCUT2D eigenvalue weighted by Gasteiger charge is -2.15. The smallest absolute Gasteiger partial charge is 0.223 e. The van der Waals surface area contributed by atoms with Crippen molar-refractivity contribution in [3.63, 3.8) is 0 Å². The summed E-state index contributed by atoms with van der Waals surface area (Å²) in [5.41, 5.74) is 11.3. The van der Waals surface area contributed by atoms with E-state index in [4.69, 9.17) is 5.73 Å². The van der Waals surface area contributed by atoms with E-state index in [0.29, 0.717) is 22.7 Å². The Hall–Kier alpha value is -2.92. The zero-order valence-corrected chi connectivity index (χ0v) is 16.1. The van der Waals surface area contributed by atoms with Gasteiger partial charge in [-0.2, -0.15) is 0 Å². The van der Waals surface area contributed by atoms with Crippen molar-refractivity contribution in [3.05, 3.63) is 70.1 Å². The number of nitrogens with zero attached hydrogens (tertiary/aromatic N) is 1. The van der Waals surface area contributed by atoms with Gasteiger partial charge >= 0.3 is 0 Å². The summed E-state index contributed by atoms with van der Waals surface area (Å²) in [5, 5.41) is 0.544. The number of fused-ring (bicyclic) bond motifs is 1. The summed E-state index contributed by atoms with van der Waals surface area (Å²) in [4.78, 5) is 27.9. The molecule has 1 amide bonds. The predicted molar refractivity (Wildman–Crippen MR) is 111 cm³/mol. The van der Waals surface area contributed by atoms with Gasteiger partial charge in [-0.05, 0) is 42.7 Å². The first-order valence-corrected chi connectivity index (χ1v) is 9.69. The van der Waals surface area contributed by atoms with Crippen LogP contribution in [0.4, 0.5) is 10.7 Å². The molecule has 2 N–H and O–H groups in total. The summed E-state index contributed by atoms with van der Waals surface area (Å²) in [7, 11) is 0. The molecule has 1 aliphatic heterocycles. The molecule has 27 heavy (non-hydrogen) atoms. The number of anilines is 2. The van der Waals surface area contributed by atoms with E-state index in [1.54, 1.807) is 17.9 Å². The van der Waals surface area contributed by atoms with Gasteiger partial charge in [0.25, 0.3) is 0 Å². The minimum atomic E-state index is -0.0696. The normalized spacial score (nSPS) is 12.9. The first-order valence-electron chi connectivity index (χ1n) is 8.87. The summed E-state index contributed by atoms with van der Waals surface area (Å²) >= 11 is 1.45. The van der Waals surface area contributed by atoms with Crippen LogP contribution in [-0.4, -0.2) is 18.2 Å². The zero-order valence-electron chi connectivity index (χ0n) is 15.3. The Kier molecular flexibility index (Phi) is 4.32. The number of ketones is 1. The maximum absolute atomic E-state index is 13.3. The molecule has 5 heteroatoms. The number of carbonyl (C=O) groups is 2. The van der Waals surface area contributed by atoms with Gasteiger partial charge in [-0.25, -0.2) is 0 Å². The molecule has 1 aromatic heterocycles. The van der Waals surface area contributed by atoms with Crippen molar-refractivity contribution in [2.45, 2.75) is 20.3 Å². The van der Waals surface area contributed by atoms with Crippen molar-refractivity contribution in [2.24, 2.45) is 0 Å². The summed E-state index contributed by atoms with van der Waals surface area (Å²) in [6.45, 7) is 4.22. The maximum atomic E-state index is 13.3. The van der Waals surface area contributed by atoms with Crippen molar-refractivity contribution >= 4 is 33.7 Å². The van der Waals surface area contributed by atoms with E-state index < -0.39 is 0 Å². The molecule has 3 aromatic rings. The van der Waals surface area contributed by atoms with Gasteiger partial charge in [-0.3, -0.25) is 9.59 Å². The SMILES string of the molecule is CC(=O)N1CCc2cc(C(=O)c3c(N)sc(C)c3-c3ccccc3)ccc21. The Morgan fingerprint density at radius 1 is 1.11 bits per heavy atom. The number of hydrogen-bond acceptors (Lipinski definition) is 4. The number of nitrogen functional groups attached to an aromatic ring is 1. The molecule has 0 fully saturated rings. The number of amides is 1. The van der Waals surface area contributed by atoms with Crippen molar-refractivity contribution in [3.8, 4) is 11.1 Å². The second-order valence-corrected chi connectivity index (χ2v) is 7.99. The molecule has 0 unspecified atom stereocenters. The summed E-state index contributed by atoms with van der Waals surface area (Å²) < 4.78 is 0. The Morgan fingerprint density at radius 2 is 1.85 bits per heavy atom. The quantitative estimate of drug-likeness (QED) is 0.687. The number of nitrogens with two attached hydrogens (primary N) is 1. The molecule has 0 aliphatic carbocycles. The number of carbonyl (C=O) groups excluding carboxylic acids is 2. The van der Waals surface area contributed by atoms with Crippen LogP contribution < -0.4 is 10.6 Å². The van der Waals surface area contributed by atoms with E-state index >= 15 is 0 Å². The van der Waals surface area contributed by atoms with Crippen LogP contribution in [-0.2, 0) is 11.2 Å². The van der Waals surface area contributed by atoms with Crippen molar-refractivity contribution in [2.75, 3.05) is 17.2 Å². The van der Waals surface area contributed by atoms with Crippen LogP contribution in [0.5, 0.6) is 0 Å². The minimum Gasteiger partial charge on any atom is -0.390 e. The molecule has 0 atom stereocenters. The molecule has 4 nitrogen and oxygen atoms in total. The highest BCUT2D eigenvalue weighted by Crippen LogP contribution is 2.40. The fraction of sp³-hybridized carbons (Fsp3) is 0.182. The van der Waals surface area contributed by atoms with Crippen LogP contribution in [0.3, 0.4) is 0 Å². The highest BCUT2D eigenvalue weighted by atomic mass is 32.1. The molecule has 0 bridgehead atoms. The highest BCUT2D eigenvalue weighted by molar-refractivity contribution is 7.16. The third-order valence-corrected chi connectivity index (χ3v) is 5.95. The molecule has 0 saturated heterocycles. The van der Waals surface area contributed by atoms with Gasteiger partial charge < -0.3 is 10.6 Å².